The van der Waals surface area contributed by atoms with E-state index in [0.29, 0.717) is 16.0 Å². The van der Waals surface area contributed by atoms with Crippen molar-refractivity contribution in [1.29, 1.82) is 0 Å². The van der Waals surface area contributed by atoms with E-state index in [-0.39, 0.29) is 0 Å². The van der Waals surface area contributed by atoms with Crippen molar-refractivity contribution >= 4 is 68.3 Å². The first-order chi connectivity index (χ1) is 16.0. The summed E-state index contributed by atoms with van der Waals surface area (Å²) < 4.78 is 1.10. The molecule has 0 bridgehead atoms. The Kier molecular flexibility index (Phi) is 11.2. The molecule has 0 saturated carbocycles. The molecule has 33 heavy (non-hydrogen) atoms. The van der Waals surface area contributed by atoms with Crippen LogP contribution in [0.5, 0.6) is 0 Å². The topological polar surface area (TPSA) is 63.8 Å². The first-order valence-corrected chi connectivity index (χ1v) is 11.3. The molecule has 4 aromatic rings. The zero-order valence-electron chi connectivity index (χ0n) is 17.8. The second kappa shape index (κ2) is 14.1. The quantitative estimate of drug-likeness (QED) is 0.254. The fourth-order valence-electron chi connectivity index (χ4n) is 2.45. The van der Waals surface area contributed by atoms with E-state index in [4.69, 9.17) is 28.9 Å². The minimum Gasteiger partial charge on any atom is -0.396 e. The maximum absolute atomic E-state index is 5.97. The molecular weight excluding hydrogens is 519 g/mol. The van der Waals surface area contributed by atoms with Crippen LogP contribution in [0.3, 0.4) is 0 Å². The van der Waals surface area contributed by atoms with Crippen molar-refractivity contribution in [3.8, 4) is 0 Å². The van der Waals surface area contributed by atoms with Gasteiger partial charge in [-0.3, -0.25) is 0 Å². The first-order valence-electron chi connectivity index (χ1n) is 9.78. The fourth-order valence-corrected chi connectivity index (χ4v) is 3.18. The molecule has 7 heteroatoms. The fraction of sp³-hybridized carbons (Fsp3) is 0. The van der Waals surface area contributed by atoms with Crippen molar-refractivity contribution in [2.75, 3.05) is 11.1 Å². The molecule has 0 aliphatic carbocycles. The summed E-state index contributed by atoms with van der Waals surface area (Å²) in [7, 11) is 0. The van der Waals surface area contributed by atoms with Crippen molar-refractivity contribution < 1.29 is 0 Å². The molecule has 3 N–H and O–H groups in total. The zero-order valence-corrected chi connectivity index (χ0v) is 20.9. The third kappa shape index (κ3) is 8.73. The van der Waals surface area contributed by atoms with Crippen LogP contribution >= 0.6 is 39.1 Å². The maximum Gasteiger partial charge on any atom is 0.152 e. The predicted molar refractivity (Wildman–Crippen MR) is 147 cm³/mol. The monoisotopic (exact) mass is 540 g/mol. The third-order valence-corrected chi connectivity index (χ3v) is 5.46. The van der Waals surface area contributed by atoms with Gasteiger partial charge in [-0.15, -0.1) is 0 Å². The van der Waals surface area contributed by atoms with Gasteiger partial charge in [0, 0.05) is 22.6 Å². The van der Waals surface area contributed by atoms with E-state index in [1.807, 2.05) is 66.7 Å². The summed E-state index contributed by atoms with van der Waals surface area (Å²) in [5, 5.41) is 4.05. The molecule has 4 rings (SSSR count). The molecule has 0 amide bonds. The van der Waals surface area contributed by atoms with Crippen molar-refractivity contribution in [1.82, 2.24) is 9.97 Å². The largest absolute Gasteiger partial charge is 0.396 e. The number of nitrogens with zero attached hydrogens (tertiary/aromatic N) is 2. The number of aromatic nitrogens is 2. The number of nitrogen functional groups attached to an aromatic ring is 1. The molecule has 2 heterocycles. The Morgan fingerprint density at radius 1 is 0.727 bits per heavy atom. The second-order valence-electron chi connectivity index (χ2n) is 6.37. The Bertz CT molecular complexity index is 1180. The summed E-state index contributed by atoms with van der Waals surface area (Å²) in [6.07, 6.45) is 6.88. The Labute approximate surface area is 212 Å². The van der Waals surface area contributed by atoms with Crippen LogP contribution in [0.1, 0.15) is 11.1 Å². The van der Waals surface area contributed by atoms with Gasteiger partial charge >= 0.3 is 0 Å². The smallest absolute Gasteiger partial charge is 0.152 e. The van der Waals surface area contributed by atoms with E-state index in [2.05, 4.69) is 44.4 Å². The number of pyridine rings is 2. The second-order valence-corrected chi connectivity index (χ2v) is 7.94. The van der Waals surface area contributed by atoms with Crippen molar-refractivity contribution in [2.45, 2.75) is 0 Å². The molecule has 0 fully saturated rings. The van der Waals surface area contributed by atoms with Crippen LogP contribution in [0, 0.1) is 0 Å². The van der Waals surface area contributed by atoms with Crippen molar-refractivity contribution in [3.05, 3.63) is 124 Å². The molecule has 0 aliphatic heterocycles. The highest BCUT2D eigenvalue weighted by Gasteiger charge is 2.02. The summed E-state index contributed by atoms with van der Waals surface area (Å²) in [5.41, 5.74) is 9.77. The number of anilines is 3. The number of halogens is 3. The molecule has 0 radical (unpaired) electrons. The van der Waals surface area contributed by atoms with Gasteiger partial charge in [0.25, 0.3) is 0 Å². The minimum absolute atomic E-state index is 0.368. The summed E-state index contributed by atoms with van der Waals surface area (Å²) >= 11 is 14.8. The van der Waals surface area contributed by atoms with Crippen LogP contribution in [-0.2, 0) is 0 Å². The van der Waals surface area contributed by atoms with E-state index in [9.17, 15) is 0 Å². The number of benzene rings is 2. The number of hydrogen-bond donors (Lipinski definition) is 2. The van der Waals surface area contributed by atoms with Gasteiger partial charge in [-0.2, -0.15) is 0 Å². The molecule has 0 spiro atoms. The molecule has 4 nitrogen and oxygen atoms in total. The predicted octanol–water partition coefficient (Wildman–Crippen LogP) is 8.53. The third-order valence-electron chi connectivity index (χ3n) is 4.12. The van der Waals surface area contributed by atoms with Crippen LogP contribution in [0.4, 0.5) is 17.1 Å². The maximum atomic E-state index is 5.97. The average Bonchev–Trinajstić information content (AvgIpc) is 2.84. The first kappa shape index (κ1) is 26.1. The SMILES string of the molecule is C=Cc1ccccc1Br.C=Cc1ccccc1Nc1cccnc1Cl.Nc1cccnc1Cl. The Morgan fingerprint density at radius 3 is 1.79 bits per heavy atom. The molecule has 2 aromatic heterocycles. The van der Waals surface area contributed by atoms with Gasteiger partial charge in [0.05, 0.1) is 11.4 Å². The number of nitrogens with one attached hydrogen (secondary N) is 1. The number of para-hydroxylation sites is 1. The van der Waals surface area contributed by atoms with Crippen LogP contribution in [0.2, 0.25) is 10.3 Å². The van der Waals surface area contributed by atoms with E-state index < -0.39 is 0 Å². The molecule has 0 aliphatic rings. The molecule has 0 saturated heterocycles. The minimum atomic E-state index is 0.368. The highest BCUT2D eigenvalue weighted by atomic mass is 79.9. The standard InChI is InChI=1S/C13H11ClN2.C8H7Br.C5H5ClN2/c1-2-10-6-3-4-7-11(10)16-12-8-5-9-15-13(12)14;1-2-7-5-3-4-6-8(7)9;6-5-4(7)2-1-3-8-5/h2-9,16H,1H2;2-6H,1H2;1-3H,7H2. The highest BCUT2D eigenvalue weighted by Crippen LogP contribution is 2.25. The average molecular weight is 542 g/mol. The lowest BCUT2D eigenvalue weighted by Gasteiger charge is -2.09. The lowest BCUT2D eigenvalue weighted by molar-refractivity contribution is 1.32. The molecular formula is C26H23BrCl2N4. The van der Waals surface area contributed by atoms with E-state index in [1.165, 1.54) is 0 Å². The normalized spacial score (nSPS) is 9.42. The van der Waals surface area contributed by atoms with Crippen LogP contribution in [0.15, 0.2) is 103 Å². The van der Waals surface area contributed by atoms with Crippen molar-refractivity contribution in [2.24, 2.45) is 0 Å². The van der Waals surface area contributed by atoms with Gasteiger partial charge in [-0.05, 0) is 47.5 Å². The van der Waals surface area contributed by atoms with Crippen molar-refractivity contribution in [3.63, 3.8) is 0 Å². The Morgan fingerprint density at radius 2 is 1.27 bits per heavy atom. The Hall–Kier alpha value is -3.12. The van der Waals surface area contributed by atoms with Gasteiger partial charge in [0.2, 0.25) is 0 Å². The van der Waals surface area contributed by atoms with E-state index >= 15 is 0 Å². The lowest BCUT2D eigenvalue weighted by Crippen LogP contribution is -1.94. The van der Waals surface area contributed by atoms with E-state index in [0.717, 1.165) is 27.0 Å². The summed E-state index contributed by atoms with van der Waals surface area (Å²) in [6, 6.07) is 23.0. The molecule has 0 atom stereocenters. The summed E-state index contributed by atoms with van der Waals surface area (Å²) in [5.74, 6) is 0. The van der Waals surface area contributed by atoms with E-state index in [1.54, 1.807) is 30.6 Å². The summed E-state index contributed by atoms with van der Waals surface area (Å²) in [4.78, 5) is 7.73. The number of nitrogens with two attached hydrogens (primary N) is 1. The van der Waals surface area contributed by atoms with Crippen LogP contribution in [-0.4, -0.2) is 9.97 Å². The van der Waals surface area contributed by atoms with Crippen LogP contribution < -0.4 is 11.1 Å². The molecule has 2 aromatic carbocycles. The summed E-state index contributed by atoms with van der Waals surface area (Å²) in [6.45, 7) is 7.43. The van der Waals surface area contributed by atoms with Gasteiger partial charge < -0.3 is 11.1 Å². The Balaban J connectivity index is 0.000000192. The lowest BCUT2D eigenvalue weighted by atomic mass is 10.1. The van der Waals surface area contributed by atoms with Crippen LogP contribution in [0.25, 0.3) is 12.2 Å². The number of rotatable bonds is 4. The van der Waals surface area contributed by atoms with Gasteiger partial charge in [-0.25, -0.2) is 9.97 Å². The van der Waals surface area contributed by atoms with Gasteiger partial charge in [0.1, 0.15) is 0 Å². The van der Waals surface area contributed by atoms with Gasteiger partial charge in [-0.1, -0.05) is 101 Å². The number of hydrogen-bond acceptors (Lipinski definition) is 4. The molecule has 0 unspecified atom stereocenters. The zero-order chi connectivity index (χ0) is 24.1. The highest BCUT2D eigenvalue weighted by molar-refractivity contribution is 9.10. The molecule has 168 valence electrons. The van der Waals surface area contributed by atoms with Gasteiger partial charge in [0.15, 0.2) is 10.3 Å².